The Morgan fingerprint density at radius 2 is 1.72 bits per heavy atom. The molecule has 0 bridgehead atoms. The van der Waals surface area contributed by atoms with Gasteiger partial charge in [-0.3, -0.25) is 9.79 Å². The first-order valence-electron chi connectivity index (χ1n) is 11.3. The zero-order chi connectivity index (χ0) is 21.7. The van der Waals surface area contributed by atoms with Crippen molar-refractivity contribution in [3.63, 3.8) is 0 Å². The molecule has 2 aromatic carbocycles. The lowest BCUT2D eigenvalue weighted by Gasteiger charge is -2.12. The van der Waals surface area contributed by atoms with Crippen molar-refractivity contribution in [2.24, 2.45) is 4.99 Å². The summed E-state index contributed by atoms with van der Waals surface area (Å²) in [7, 11) is 0. The maximum atomic E-state index is 11.7. The first-order valence-corrected chi connectivity index (χ1v) is 11.3. The Morgan fingerprint density at radius 1 is 1.00 bits per heavy atom. The fourth-order valence-electron chi connectivity index (χ4n) is 3.18. The van der Waals surface area contributed by atoms with Crippen LogP contribution in [0.1, 0.15) is 37.3 Å². The van der Waals surface area contributed by atoms with Crippen LogP contribution in [0.2, 0.25) is 0 Å². The number of ether oxygens (including phenoxy) is 1. The molecule has 1 saturated carbocycles. The lowest BCUT2D eigenvalue weighted by atomic mass is 10.1. The van der Waals surface area contributed by atoms with E-state index in [1.165, 1.54) is 11.1 Å². The van der Waals surface area contributed by atoms with Gasteiger partial charge in [-0.2, -0.15) is 0 Å². The van der Waals surface area contributed by atoms with Gasteiger partial charge in [0.2, 0.25) is 0 Å². The zero-order valence-corrected chi connectivity index (χ0v) is 21.1. The van der Waals surface area contributed by atoms with Gasteiger partial charge in [-0.1, -0.05) is 42.5 Å². The number of amides is 1. The number of rotatable bonds is 12. The first-order chi connectivity index (χ1) is 15.2. The number of guanidine groups is 1. The summed E-state index contributed by atoms with van der Waals surface area (Å²) in [4.78, 5) is 16.4. The van der Waals surface area contributed by atoms with E-state index in [1.54, 1.807) is 0 Å². The van der Waals surface area contributed by atoms with Gasteiger partial charge in [-0.05, 0) is 62.3 Å². The second kappa shape index (κ2) is 14.7. The molecule has 174 valence electrons. The van der Waals surface area contributed by atoms with Crippen molar-refractivity contribution in [3.05, 3.63) is 65.7 Å². The predicted octanol–water partition coefficient (Wildman–Crippen LogP) is 3.69. The van der Waals surface area contributed by atoms with E-state index in [1.807, 2.05) is 30.3 Å². The lowest BCUT2D eigenvalue weighted by molar-refractivity contribution is -0.123. The molecule has 0 heterocycles. The third kappa shape index (κ3) is 10.3. The van der Waals surface area contributed by atoms with Crippen molar-refractivity contribution < 1.29 is 9.53 Å². The average Bonchev–Trinajstić information content (AvgIpc) is 3.61. The predicted molar refractivity (Wildman–Crippen MR) is 141 cm³/mol. The van der Waals surface area contributed by atoms with Crippen molar-refractivity contribution in [1.29, 1.82) is 0 Å². The fraction of sp³-hybridized carbons (Fsp3) is 0.440. The normalized spacial score (nSPS) is 13.1. The standard InChI is InChI=1S/C25H34N4O2.HI/c1-2-26-25(27-17-6-9-20-7-4-3-5-8-20)28-18-16-21-10-14-23(15-11-21)31-19-24(30)29-22-12-13-22;/h3-5,7-8,10-11,14-15,22H,2,6,9,12-13,16-19H2,1H3,(H,29,30)(H2,26,27,28);1H. The van der Waals surface area contributed by atoms with Crippen LogP contribution in [0.4, 0.5) is 0 Å². The highest BCUT2D eigenvalue weighted by Crippen LogP contribution is 2.18. The third-order valence-electron chi connectivity index (χ3n) is 5.02. The Labute approximate surface area is 208 Å². The maximum absolute atomic E-state index is 11.7. The highest BCUT2D eigenvalue weighted by Gasteiger charge is 2.23. The molecule has 0 spiro atoms. The maximum Gasteiger partial charge on any atom is 0.258 e. The summed E-state index contributed by atoms with van der Waals surface area (Å²) >= 11 is 0. The number of halogens is 1. The van der Waals surface area contributed by atoms with Gasteiger partial charge in [0.25, 0.3) is 5.91 Å². The summed E-state index contributed by atoms with van der Waals surface area (Å²) in [5, 5.41) is 9.63. The quantitative estimate of drug-likeness (QED) is 0.163. The number of aliphatic imine (C=N–C) groups is 1. The molecule has 32 heavy (non-hydrogen) atoms. The Kier molecular flexibility index (Phi) is 11.9. The molecule has 2 aromatic rings. The number of aryl methyl sites for hydroxylation is 1. The van der Waals surface area contributed by atoms with Crippen LogP contribution in [0, 0.1) is 0 Å². The molecule has 0 saturated heterocycles. The summed E-state index contributed by atoms with van der Waals surface area (Å²) in [6.07, 6.45) is 5.13. The van der Waals surface area contributed by atoms with Gasteiger partial charge in [0.05, 0.1) is 0 Å². The molecule has 1 aliphatic rings. The fourth-order valence-corrected chi connectivity index (χ4v) is 3.18. The highest BCUT2D eigenvalue weighted by molar-refractivity contribution is 14.0. The van der Waals surface area contributed by atoms with E-state index in [9.17, 15) is 4.79 Å². The number of nitrogens with zero attached hydrogens (tertiary/aromatic N) is 1. The van der Waals surface area contributed by atoms with Crippen LogP contribution >= 0.6 is 24.0 Å². The summed E-state index contributed by atoms with van der Waals surface area (Å²) in [6.45, 7) is 4.58. The summed E-state index contributed by atoms with van der Waals surface area (Å²) in [5.41, 5.74) is 2.56. The molecule has 6 nitrogen and oxygen atoms in total. The number of carbonyl (C=O) groups excluding carboxylic acids is 1. The van der Waals surface area contributed by atoms with Crippen molar-refractivity contribution in [2.75, 3.05) is 26.2 Å². The Balaban J connectivity index is 0.00000363. The minimum atomic E-state index is -0.0465. The van der Waals surface area contributed by atoms with E-state index < -0.39 is 0 Å². The molecule has 1 fully saturated rings. The molecular formula is C25H35IN4O2. The van der Waals surface area contributed by atoms with Gasteiger partial charge in [0.1, 0.15) is 5.75 Å². The molecular weight excluding hydrogens is 515 g/mol. The number of hydrogen-bond donors (Lipinski definition) is 3. The van der Waals surface area contributed by atoms with E-state index in [0.29, 0.717) is 6.04 Å². The summed E-state index contributed by atoms with van der Waals surface area (Å²) in [5.74, 6) is 1.53. The second-order valence-corrected chi connectivity index (χ2v) is 7.80. The van der Waals surface area contributed by atoms with Crippen LogP contribution in [-0.2, 0) is 17.6 Å². The van der Waals surface area contributed by atoms with Crippen LogP contribution in [0.3, 0.4) is 0 Å². The van der Waals surface area contributed by atoms with Crippen molar-refractivity contribution in [3.8, 4) is 5.75 Å². The molecule has 7 heteroatoms. The zero-order valence-electron chi connectivity index (χ0n) is 18.8. The van der Waals surface area contributed by atoms with E-state index >= 15 is 0 Å². The summed E-state index contributed by atoms with van der Waals surface area (Å²) in [6, 6.07) is 18.8. The van der Waals surface area contributed by atoms with Gasteiger partial charge >= 0.3 is 0 Å². The van der Waals surface area contributed by atoms with E-state index in [-0.39, 0.29) is 36.5 Å². The Bertz CT molecular complexity index is 824. The minimum absolute atomic E-state index is 0. The average molecular weight is 550 g/mol. The van der Waals surface area contributed by atoms with E-state index in [0.717, 1.165) is 63.4 Å². The molecule has 0 unspecified atom stereocenters. The van der Waals surface area contributed by atoms with Crippen molar-refractivity contribution in [2.45, 2.75) is 45.1 Å². The Morgan fingerprint density at radius 3 is 2.41 bits per heavy atom. The van der Waals surface area contributed by atoms with Gasteiger partial charge in [0.15, 0.2) is 12.6 Å². The largest absolute Gasteiger partial charge is 0.484 e. The number of hydrogen-bond acceptors (Lipinski definition) is 3. The number of carbonyl (C=O) groups is 1. The molecule has 3 N–H and O–H groups in total. The summed E-state index contributed by atoms with van der Waals surface area (Å²) < 4.78 is 5.56. The van der Waals surface area contributed by atoms with Crippen LogP contribution in [0.25, 0.3) is 0 Å². The van der Waals surface area contributed by atoms with Crippen LogP contribution in [-0.4, -0.2) is 44.1 Å². The molecule has 0 radical (unpaired) electrons. The SMILES string of the molecule is CCNC(=NCCCc1ccccc1)NCCc1ccc(OCC(=O)NC2CC2)cc1.I. The molecule has 0 atom stereocenters. The van der Waals surface area contributed by atoms with Gasteiger partial charge < -0.3 is 20.7 Å². The van der Waals surface area contributed by atoms with Gasteiger partial charge in [0, 0.05) is 25.7 Å². The van der Waals surface area contributed by atoms with E-state index in [2.05, 4.69) is 52.1 Å². The first kappa shape index (κ1) is 26.0. The van der Waals surface area contributed by atoms with Crippen LogP contribution in [0.15, 0.2) is 59.6 Å². The monoisotopic (exact) mass is 550 g/mol. The smallest absolute Gasteiger partial charge is 0.258 e. The van der Waals surface area contributed by atoms with E-state index in [4.69, 9.17) is 4.74 Å². The van der Waals surface area contributed by atoms with Gasteiger partial charge in [-0.15, -0.1) is 24.0 Å². The molecule has 3 rings (SSSR count). The Hall–Kier alpha value is -2.29. The topological polar surface area (TPSA) is 74.8 Å². The third-order valence-corrected chi connectivity index (χ3v) is 5.02. The van der Waals surface area contributed by atoms with Crippen LogP contribution in [0.5, 0.6) is 5.75 Å². The highest BCUT2D eigenvalue weighted by atomic mass is 127. The van der Waals surface area contributed by atoms with Gasteiger partial charge in [-0.25, -0.2) is 0 Å². The molecule has 1 aliphatic carbocycles. The molecule has 1 amide bonds. The number of benzene rings is 2. The second-order valence-electron chi connectivity index (χ2n) is 7.80. The van der Waals surface area contributed by atoms with Crippen LogP contribution < -0.4 is 20.7 Å². The molecule has 0 aromatic heterocycles. The number of nitrogens with one attached hydrogen (secondary N) is 3. The van der Waals surface area contributed by atoms with Crippen molar-refractivity contribution >= 4 is 35.8 Å². The lowest BCUT2D eigenvalue weighted by Crippen LogP contribution is -2.38. The van der Waals surface area contributed by atoms with Crippen molar-refractivity contribution in [1.82, 2.24) is 16.0 Å². The minimum Gasteiger partial charge on any atom is -0.484 e. The molecule has 0 aliphatic heterocycles.